The average Bonchev–Trinajstić information content (AvgIpc) is 2.84. The number of piperidine rings is 1. The number of aromatic nitrogens is 1. The number of anilines is 1. The van der Waals surface area contributed by atoms with Crippen LogP contribution in [-0.2, 0) is 12.0 Å². The fourth-order valence-corrected chi connectivity index (χ4v) is 4.27. The third-order valence-corrected chi connectivity index (χ3v) is 5.94. The maximum Gasteiger partial charge on any atom is 0.185 e. The highest BCUT2D eigenvalue weighted by Crippen LogP contribution is 2.39. The number of rotatable bonds is 4. The molecule has 4 heteroatoms. The van der Waals surface area contributed by atoms with Crippen molar-refractivity contribution >= 4 is 16.5 Å². The predicted octanol–water partition coefficient (Wildman–Crippen LogP) is 4.18. The Kier molecular flexibility index (Phi) is 4.99. The van der Waals surface area contributed by atoms with Gasteiger partial charge in [-0.15, -0.1) is 11.3 Å². The van der Waals surface area contributed by atoms with Gasteiger partial charge in [0.2, 0.25) is 0 Å². The van der Waals surface area contributed by atoms with Crippen LogP contribution in [0.1, 0.15) is 64.5 Å². The molecule has 0 spiro atoms. The normalized spacial score (nSPS) is 19.0. The SMILES string of the molecule is CCC1(C)CCN(c2nc(C(C)(C)C)c(CNC)s2)CC1. The molecule has 2 heterocycles. The van der Waals surface area contributed by atoms with E-state index in [1.165, 1.54) is 35.0 Å². The monoisotopic (exact) mass is 309 g/mol. The van der Waals surface area contributed by atoms with Gasteiger partial charge in [-0.1, -0.05) is 41.0 Å². The van der Waals surface area contributed by atoms with E-state index in [-0.39, 0.29) is 5.41 Å². The summed E-state index contributed by atoms with van der Waals surface area (Å²) in [6, 6.07) is 0. The second-order valence-electron chi connectivity index (χ2n) is 7.70. The molecule has 0 bridgehead atoms. The quantitative estimate of drug-likeness (QED) is 0.904. The van der Waals surface area contributed by atoms with Gasteiger partial charge < -0.3 is 10.2 Å². The van der Waals surface area contributed by atoms with Gasteiger partial charge >= 0.3 is 0 Å². The molecule has 21 heavy (non-hydrogen) atoms. The Morgan fingerprint density at radius 3 is 2.38 bits per heavy atom. The summed E-state index contributed by atoms with van der Waals surface area (Å²) in [5.74, 6) is 0. The molecular formula is C17H31N3S. The Labute approximate surface area is 134 Å². The Balaban J connectivity index is 2.18. The fraction of sp³-hybridized carbons (Fsp3) is 0.824. The van der Waals surface area contributed by atoms with Crippen LogP contribution in [0.3, 0.4) is 0 Å². The second kappa shape index (κ2) is 6.25. The van der Waals surface area contributed by atoms with E-state index in [9.17, 15) is 0 Å². The molecule has 1 aromatic heterocycles. The van der Waals surface area contributed by atoms with Crippen LogP contribution in [-0.4, -0.2) is 25.1 Å². The van der Waals surface area contributed by atoms with Crippen LogP contribution in [0.5, 0.6) is 0 Å². The van der Waals surface area contributed by atoms with E-state index in [0.29, 0.717) is 5.41 Å². The first-order chi connectivity index (χ1) is 9.79. The van der Waals surface area contributed by atoms with Crippen LogP contribution < -0.4 is 10.2 Å². The Bertz CT molecular complexity index is 465. The van der Waals surface area contributed by atoms with Gasteiger partial charge in [0.25, 0.3) is 0 Å². The summed E-state index contributed by atoms with van der Waals surface area (Å²) < 4.78 is 0. The van der Waals surface area contributed by atoms with Crippen molar-refractivity contribution in [1.82, 2.24) is 10.3 Å². The van der Waals surface area contributed by atoms with E-state index in [0.717, 1.165) is 19.6 Å². The van der Waals surface area contributed by atoms with Gasteiger partial charge in [0.1, 0.15) is 0 Å². The Morgan fingerprint density at radius 1 is 1.29 bits per heavy atom. The third kappa shape index (κ3) is 3.78. The zero-order valence-corrected chi connectivity index (χ0v) is 15.4. The van der Waals surface area contributed by atoms with Crippen molar-refractivity contribution in [3.63, 3.8) is 0 Å². The molecule has 1 aliphatic rings. The highest BCUT2D eigenvalue weighted by molar-refractivity contribution is 7.15. The van der Waals surface area contributed by atoms with E-state index in [4.69, 9.17) is 4.98 Å². The summed E-state index contributed by atoms with van der Waals surface area (Å²) in [5, 5.41) is 4.51. The van der Waals surface area contributed by atoms with Crippen LogP contribution in [0, 0.1) is 5.41 Å². The lowest BCUT2D eigenvalue weighted by molar-refractivity contribution is 0.238. The number of hydrogen-bond acceptors (Lipinski definition) is 4. The summed E-state index contributed by atoms with van der Waals surface area (Å²) in [6.07, 6.45) is 3.86. The molecule has 0 amide bonds. The van der Waals surface area contributed by atoms with Crippen molar-refractivity contribution in [2.75, 3.05) is 25.0 Å². The first kappa shape index (κ1) is 16.8. The fourth-order valence-electron chi connectivity index (χ4n) is 2.93. The van der Waals surface area contributed by atoms with E-state index in [1.54, 1.807) is 0 Å². The minimum absolute atomic E-state index is 0.120. The number of hydrogen-bond donors (Lipinski definition) is 1. The largest absolute Gasteiger partial charge is 0.348 e. The van der Waals surface area contributed by atoms with Crippen LogP contribution in [0.15, 0.2) is 0 Å². The summed E-state index contributed by atoms with van der Waals surface area (Å²) in [7, 11) is 2.01. The summed E-state index contributed by atoms with van der Waals surface area (Å²) in [5.41, 5.74) is 1.92. The van der Waals surface area contributed by atoms with Crippen molar-refractivity contribution in [3.05, 3.63) is 10.6 Å². The lowest BCUT2D eigenvalue weighted by Crippen LogP contribution is -2.38. The molecule has 1 aromatic rings. The average molecular weight is 310 g/mol. The molecule has 2 rings (SSSR count). The van der Waals surface area contributed by atoms with Gasteiger partial charge in [-0.2, -0.15) is 0 Å². The van der Waals surface area contributed by atoms with Crippen molar-refractivity contribution in [3.8, 4) is 0 Å². The highest BCUT2D eigenvalue weighted by Gasteiger charge is 2.31. The van der Waals surface area contributed by atoms with Crippen molar-refractivity contribution in [1.29, 1.82) is 0 Å². The minimum atomic E-state index is 0.120. The van der Waals surface area contributed by atoms with E-state index in [1.807, 2.05) is 18.4 Å². The molecule has 0 radical (unpaired) electrons. The number of thiazole rings is 1. The molecular weight excluding hydrogens is 278 g/mol. The summed E-state index contributed by atoms with van der Waals surface area (Å²) in [4.78, 5) is 8.89. The van der Waals surface area contributed by atoms with Gasteiger partial charge in [0.05, 0.1) is 5.69 Å². The van der Waals surface area contributed by atoms with Gasteiger partial charge in [-0.25, -0.2) is 4.98 Å². The van der Waals surface area contributed by atoms with E-state index in [2.05, 4.69) is 44.8 Å². The van der Waals surface area contributed by atoms with Gasteiger partial charge in [-0.3, -0.25) is 0 Å². The molecule has 0 atom stereocenters. The number of nitrogens with zero attached hydrogens (tertiary/aromatic N) is 2. The molecule has 0 unspecified atom stereocenters. The van der Waals surface area contributed by atoms with Crippen LogP contribution in [0.4, 0.5) is 5.13 Å². The second-order valence-corrected chi connectivity index (χ2v) is 8.76. The molecule has 1 saturated heterocycles. The smallest absolute Gasteiger partial charge is 0.185 e. The van der Waals surface area contributed by atoms with Crippen molar-refractivity contribution in [2.45, 2.75) is 65.8 Å². The van der Waals surface area contributed by atoms with Crippen LogP contribution in [0.25, 0.3) is 0 Å². The molecule has 1 N–H and O–H groups in total. The Hall–Kier alpha value is -0.610. The summed E-state index contributed by atoms with van der Waals surface area (Å²) >= 11 is 1.88. The zero-order valence-electron chi connectivity index (χ0n) is 14.5. The molecule has 120 valence electrons. The first-order valence-electron chi connectivity index (χ1n) is 8.19. The van der Waals surface area contributed by atoms with Gasteiger partial charge in [0, 0.05) is 29.9 Å². The molecule has 0 aromatic carbocycles. The van der Waals surface area contributed by atoms with E-state index < -0.39 is 0 Å². The topological polar surface area (TPSA) is 28.2 Å². The molecule has 0 saturated carbocycles. The third-order valence-electron chi connectivity index (χ3n) is 4.83. The van der Waals surface area contributed by atoms with Crippen molar-refractivity contribution in [2.24, 2.45) is 5.41 Å². The Morgan fingerprint density at radius 2 is 1.90 bits per heavy atom. The first-order valence-corrected chi connectivity index (χ1v) is 9.00. The summed E-state index contributed by atoms with van der Waals surface area (Å²) in [6.45, 7) is 14.8. The maximum atomic E-state index is 5.00. The maximum absolute atomic E-state index is 5.00. The molecule has 0 aliphatic carbocycles. The number of nitrogens with one attached hydrogen (secondary N) is 1. The van der Waals surface area contributed by atoms with Crippen molar-refractivity contribution < 1.29 is 0 Å². The lowest BCUT2D eigenvalue weighted by atomic mass is 9.78. The van der Waals surface area contributed by atoms with E-state index >= 15 is 0 Å². The lowest BCUT2D eigenvalue weighted by Gasteiger charge is -2.38. The minimum Gasteiger partial charge on any atom is -0.348 e. The predicted molar refractivity (Wildman–Crippen MR) is 93.4 cm³/mol. The standard InChI is InChI=1S/C17H31N3S/c1-7-17(5)8-10-20(11-9-17)15-19-14(16(2,3)4)13(21-15)12-18-6/h18H,7-12H2,1-6H3. The van der Waals surface area contributed by atoms with Crippen LogP contribution >= 0.6 is 11.3 Å². The van der Waals surface area contributed by atoms with Crippen LogP contribution in [0.2, 0.25) is 0 Å². The molecule has 1 fully saturated rings. The molecule has 3 nitrogen and oxygen atoms in total. The van der Waals surface area contributed by atoms with Gasteiger partial charge in [0.15, 0.2) is 5.13 Å². The van der Waals surface area contributed by atoms with Gasteiger partial charge in [-0.05, 0) is 25.3 Å². The zero-order chi connectivity index (χ0) is 15.7. The molecule has 1 aliphatic heterocycles. The highest BCUT2D eigenvalue weighted by atomic mass is 32.1.